The van der Waals surface area contributed by atoms with Gasteiger partial charge >= 0.3 is 0 Å². The molecule has 0 aromatic heterocycles. The molecule has 2 fully saturated rings. The number of likely N-dealkylation sites (tertiary alicyclic amines) is 2. The number of aliphatic hydroxyl groups is 1. The Labute approximate surface area is 166 Å². The number of hydrogen-bond donors (Lipinski definition) is 1. The second kappa shape index (κ2) is 7.74. The summed E-state index contributed by atoms with van der Waals surface area (Å²) in [6, 6.07) is 12.1. The minimum Gasteiger partial charge on any atom is -0.492 e. The molecule has 28 heavy (non-hydrogen) atoms. The SMILES string of the molecule is OC1c2ccc(OCCN3CCC3)cc2-c2ccc(OCCN3CCC3)cc21. The fourth-order valence-electron chi connectivity index (χ4n) is 4.16. The Hall–Kier alpha value is -2.08. The molecule has 0 saturated carbocycles. The van der Waals surface area contributed by atoms with E-state index in [0.717, 1.165) is 46.8 Å². The highest BCUT2D eigenvalue weighted by atomic mass is 16.5. The summed E-state index contributed by atoms with van der Waals surface area (Å²) in [5, 5.41) is 10.8. The van der Waals surface area contributed by atoms with Crippen molar-refractivity contribution in [2.45, 2.75) is 18.9 Å². The predicted molar refractivity (Wildman–Crippen MR) is 109 cm³/mol. The third-order valence-electron chi connectivity index (χ3n) is 6.18. The number of rotatable bonds is 8. The summed E-state index contributed by atoms with van der Waals surface area (Å²) < 4.78 is 11.9. The smallest absolute Gasteiger partial charge is 0.120 e. The Kier molecular flexibility index (Phi) is 4.97. The van der Waals surface area contributed by atoms with Gasteiger partial charge in [-0.25, -0.2) is 0 Å². The summed E-state index contributed by atoms with van der Waals surface area (Å²) in [6.07, 6.45) is 2.00. The van der Waals surface area contributed by atoms with Gasteiger partial charge in [-0.2, -0.15) is 0 Å². The molecular weight excluding hydrogens is 352 g/mol. The Morgan fingerprint density at radius 1 is 0.750 bits per heavy atom. The Balaban J connectivity index is 1.26. The van der Waals surface area contributed by atoms with Crippen LogP contribution in [0.1, 0.15) is 30.1 Å². The first-order chi connectivity index (χ1) is 13.8. The second-order valence-corrected chi connectivity index (χ2v) is 7.99. The van der Waals surface area contributed by atoms with Crippen LogP contribution >= 0.6 is 0 Å². The van der Waals surface area contributed by atoms with Crippen LogP contribution in [0.15, 0.2) is 36.4 Å². The molecule has 0 amide bonds. The monoisotopic (exact) mass is 380 g/mol. The van der Waals surface area contributed by atoms with Crippen LogP contribution in [0.5, 0.6) is 11.5 Å². The first kappa shape index (κ1) is 18.0. The second-order valence-electron chi connectivity index (χ2n) is 7.99. The summed E-state index contributed by atoms with van der Waals surface area (Å²) in [4.78, 5) is 4.79. The van der Waals surface area contributed by atoms with Crippen LogP contribution in [0.3, 0.4) is 0 Å². The van der Waals surface area contributed by atoms with Crippen molar-refractivity contribution in [2.24, 2.45) is 0 Å². The fraction of sp³-hybridized carbons (Fsp3) is 0.478. The van der Waals surface area contributed by atoms with Gasteiger partial charge < -0.3 is 14.6 Å². The van der Waals surface area contributed by atoms with Crippen LogP contribution in [0, 0.1) is 0 Å². The van der Waals surface area contributed by atoms with Gasteiger partial charge in [0.25, 0.3) is 0 Å². The van der Waals surface area contributed by atoms with Gasteiger partial charge in [0.15, 0.2) is 0 Å². The maximum atomic E-state index is 10.8. The fourth-order valence-corrected chi connectivity index (χ4v) is 4.16. The van der Waals surface area contributed by atoms with E-state index in [-0.39, 0.29) is 0 Å². The van der Waals surface area contributed by atoms with Crippen molar-refractivity contribution in [3.63, 3.8) is 0 Å². The zero-order valence-electron chi connectivity index (χ0n) is 16.3. The van der Waals surface area contributed by atoms with E-state index in [1.807, 2.05) is 24.3 Å². The number of benzene rings is 2. The van der Waals surface area contributed by atoms with E-state index in [1.165, 1.54) is 39.0 Å². The molecule has 5 rings (SSSR count). The number of ether oxygens (including phenoxy) is 2. The number of fused-ring (bicyclic) bond motifs is 3. The number of hydrogen-bond acceptors (Lipinski definition) is 5. The van der Waals surface area contributed by atoms with E-state index >= 15 is 0 Å². The minimum absolute atomic E-state index is 0.598. The molecule has 1 N–H and O–H groups in total. The first-order valence-corrected chi connectivity index (χ1v) is 10.4. The molecule has 5 heteroatoms. The van der Waals surface area contributed by atoms with E-state index < -0.39 is 6.10 Å². The standard InChI is InChI=1S/C23H28N2O3/c26-23-20-6-4-17(27-13-11-24-7-1-8-24)15-21(20)19-5-3-18(16-22(19)23)28-14-12-25-9-2-10-25/h3-6,15-16,23,26H,1-2,7-14H2. The highest BCUT2D eigenvalue weighted by Gasteiger charge is 2.28. The minimum atomic E-state index is -0.598. The molecule has 1 atom stereocenters. The van der Waals surface area contributed by atoms with Gasteiger partial charge in [0, 0.05) is 13.1 Å². The summed E-state index contributed by atoms with van der Waals surface area (Å²) in [5.41, 5.74) is 4.01. The van der Waals surface area contributed by atoms with Gasteiger partial charge in [0.05, 0.1) is 0 Å². The van der Waals surface area contributed by atoms with Gasteiger partial charge in [0.1, 0.15) is 30.8 Å². The largest absolute Gasteiger partial charge is 0.492 e. The Bertz CT molecular complexity index is 846. The zero-order chi connectivity index (χ0) is 18.9. The third-order valence-corrected chi connectivity index (χ3v) is 6.18. The molecule has 148 valence electrons. The van der Waals surface area contributed by atoms with E-state index in [0.29, 0.717) is 13.2 Å². The average molecular weight is 380 g/mol. The van der Waals surface area contributed by atoms with Crippen molar-refractivity contribution in [3.8, 4) is 22.6 Å². The molecule has 2 heterocycles. The van der Waals surface area contributed by atoms with Gasteiger partial charge in [-0.15, -0.1) is 0 Å². The van der Waals surface area contributed by atoms with Crippen molar-refractivity contribution >= 4 is 0 Å². The van der Waals surface area contributed by atoms with Gasteiger partial charge in [0.2, 0.25) is 0 Å². The quantitative estimate of drug-likeness (QED) is 0.763. The molecular formula is C23H28N2O3. The molecule has 0 spiro atoms. The van der Waals surface area contributed by atoms with E-state index in [9.17, 15) is 5.11 Å². The van der Waals surface area contributed by atoms with E-state index in [4.69, 9.17) is 9.47 Å². The molecule has 1 aliphatic carbocycles. The normalized spacial score (nSPS) is 20.8. The first-order valence-electron chi connectivity index (χ1n) is 10.4. The predicted octanol–water partition coefficient (Wildman–Crippen LogP) is 2.92. The summed E-state index contributed by atoms with van der Waals surface area (Å²) in [6.45, 7) is 8.10. The van der Waals surface area contributed by atoms with Crippen LogP contribution in [-0.2, 0) is 0 Å². The van der Waals surface area contributed by atoms with Crippen molar-refractivity contribution in [1.29, 1.82) is 0 Å². The molecule has 2 aromatic carbocycles. The highest BCUT2D eigenvalue weighted by molar-refractivity contribution is 5.79. The van der Waals surface area contributed by atoms with Gasteiger partial charge in [-0.3, -0.25) is 9.80 Å². The van der Waals surface area contributed by atoms with Crippen molar-refractivity contribution in [2.75, 3.05) is 52.5 Å². The Morgan fingerprint density at radius 2 is 1.36 bits per heavy atom. The lowest BCUT2D eigenvalue weighted by molar-refractivity contribution is 0.147. The maximum Gasteiger partial charge on any atom is 0.120 e. The lowest BCUT2D eigenvalue weighted by atomic mass is 10.1. The molecule has 0 radical (unpaired) electrons. The molecule has 0 bridgehead atoms. The lowest BCUT2D eigenvalue weighted by Gasteiger charge is -2.30. The lowest BCUT2D eigenvalue weighted by Crippen LogP contribution is -2.39. The van der Waals surface area contributed by atoms with E-state index in [2.05, 4.69) is 21.9 Å². The summed E-state index contributed by atoms with van der Waals surface area (Å²) in [7, 11) is 0. The number of nitrogens with zero attached hydrogens (tertiary/aromatic N) is 2. The van der Waals surface area contributed by atoms with Gasteiger partial charge in [-0.05, 0) is 85.5 Å². The van der Waals surface area contributed by atoms with Crippen LogP contribution in [0.4, 0.5) is 0 Å². The molecule has 3 aliphatic rings. The zero-order valence-corrected chi connectivity index (χ0v) is 16.3. The summed E-state index contributed by atoms with van der Waals surface area (Å²) >= 11 is 0. The topological polar surface area (TPSA) is 45.2 Å². The van der Waals surface area contributed by atoms with Crippen molar-refractivity contribution in [3.05, 3.63) is 47.5 Å². The molecule has 2 aromatic rings. The van der Waals surface area contributed by atoms with Crippen LogP contribution < -0.4 is 9.47 Å². The Morgan fingerprint density at radius 3 is 1.96 bits per heavy atom. The average Bonchev–Trinajstić information content (AvgIpc) is 2.91. The van der Waals surface area contributed by atoms with Crippen molar-refractivity contribution in [1.82, 2.24) is 9.80 Å². The van der Waals surface area contributed by atoms with Crippen LogP contribution in [0.25, 0.3) is 11.1 Å². The van der Waals surface area contributed by atoms with Gasteiger partial charge in [-0.1, -0.05) is 12.1 Å². The molecule has 1 unspecified atom stereocenters. The van der Waals surface area contributed by atoms with Crippen LogP contribution in [-0.4, -0.2) is 67.4 Å². The highest BCUT2D eigenvalue weighted by Crippen LogP contribution is 2.45. The summed E-state index contributed by atoms with van der Waals surface area (Å²) in [5.74, 6) is 1.70. The van der Waals surface area contributed by atoms with Crippen LogP contribution in [0.2, 0.25) is 0 Å². The molecule has 2 saturated heterocycles. The third kappa shape index (κ3) is 3.50. The molecule has 5 nitrogen and oxygen atoms in total. The molecule has 2 aliphatic heterocycles. The van der Waals surface area contributed by atoms with E-state index in [1.54, 1.807) is 0 Å². The number of aliphatic hydroxyl groups excluding tert-OH is 1. The van der Waals surface area contributed by atoms with Crippen molar-refractivity contribution < 1.29 is 14.6 Å². The maximum absolute atomic E-state index is 10.8.